The second-order valence-corrected chi connectivity index (χ2v) is 7.87. The minimum Gasteiger partial charge on any atom is -0.354 e. The molecule has 0 spiro atoms. The van der Waals surface area contributed by atoms with Crippen LogP contribution in [0.4, 0.5) is 0 Å². The van der Waals surface area contributed by atoms with E-state index in [1.54, 1.807) is 0 Å². The zero-order chi connectivity index (χ0) is 20.6. The van der Waals surface area contributed by atoms with E-state index in [9.17, 15) is 0 Å². The molecule has 6 aromatic rings. The van der Waals surface area contributed by atoms with Gasteiger partial charge in [0.1, 0.15) is 0 Å². The quantitative estimate of drug-likeness (QED) is 0.310. The molecular weight excluding hydrogens is 374 g/mol. The van der Waals surface area contributed by atoms with E-state index < -0.39 is 0 Å². The van der Waals surface area contributed by atoms with Crippen LogP contribution in [0.3, 0.4) is 0 Å². The number of nitrogens with one attached hydrogen (secondary N) is 1. The SMILES string of the molecule is c1ccc(-c2cc3c([nH]c4ccccc43)c(-c3ccccc3)c2-c2ccccc2)cc1. The zero-order valence-electron chi connectivity index (χ0n) is 17.0. The predicted molar refractivity (Wildman–Crippen MR) is 132 cm³/mol. The molecular formula is C30H21N. The lowest BCUT2D eigenvalue weighted by Gasteiger charge is -2.18. The highest BCUT2D eigenvalue weighted by atomic mass is 14.7. The standard InChI is InChI=1S/C30H21N/c1-4-12-21(13-5-1)25-20-26-24-18-10-11-19-27(24)31-30(26)29(23-16-8-3-9-17-23)28(25)22-14-6-2-7-15-22/h1-20,31H. The van der Waals surface area contributed by atoms with E-state index in [1.807, 2.05) is 0 Å². The highest BCUT2D eigenvalue weighted by Gasteiger charge is 2.20. The van der Waals surface area contributed by atoms with Gasteiger partial charge < -0.3 is 4.98 Å². The third-order valence-electron chi connectivity index (χ3n) is 6.01. The third-order valence-corrected chi connectivity index (χ3v) is 6.01. The summed E-state index contributed by atoms with van der Waals surface area (Å²) in [7, 11) is 0. The van der Waals surface area contributed by atoms with E-state index in [0.717, 1.165) is 0 Å². The van der Waals surface area contributed by atoms with Crippen LogP contribution in [0.1, 0.15) is 0 Å². The van der Waals surface area contributed by atoms with Gasteiger partial charge in [-0.1, -0.05) is 109 Å². The topological polar surface area (TPSA) is 15.8 Å². The first-order chi connectivity index (χ1) is 15.4. The monoisotopic (exact) mass is 395 g/mol. The first-order valence-corrected chi connectivity index (χ1v) is 10.6. The number of H-pyrrole nitrogens is 1. The number of rotatable bonds is 3. The summed E-state index contributed by atoms with van der Waals surface area (Å²) in [5, 5.41) is 2.51. The van der Waals surface area contributed by atoms with Gasteiger partial charge in [-0.25, -0.2) is 0 Å². The van der Waals surface area contributed by atoms with Gasteiger partial charge >= 0.3 is 0 Å². The van der Waals surface area contributed by atoms with Crippen LogP contribution in [-0.4, -0.2) is 4.98 Å². The first-order valence-electron chi connectivity index (χ1n) is 10.6. The van der Waals surface area contributed by atoms with Crippen molar-refractivity contribution in [3.8, 4) is 33.4 Å². The molecule has 1 nitrogen and oxygen atoms in total. The Morgan fingerprint density at radius 3 is 1.58 bits per heavy atom. The molecule has 0 radical (unpaired) electrons. The van der Waals surface area contributed by atoms with E-state index in [2.05, 4.69) is 126 Å². The maximum atomic E-state index is 3.73. The molecule has 1 N–H and O–H groups in total. The fourth-order valence-corrected chi connectivity index (χ4v) is 4.63. The normalized spacial score (nSPS) is 11.2. The highest BCUT2D eigenvalue weighted by molar-refractivity contribution is 6.17. The molecule has 0 aliphatic rings. The van der Waals surface area contributed by atoms with E-state index in [1.165, 1.54) is 55.2 Å². The molecule has 0 fully saturated rings. The van der Waals surface area contributed by atoms with Crippen molar-refractivity contribution in [2.45, 2.75) is 0 Å². The number of para-hydroxylation sites is 1. The first kappa shape index (κ1) is 17.7. The molecule has 0 aliphatic heterocycles. The van der Waals surface area contributed by atoms with Gasteiger partial charge in [0, 0.05) is 21.9 Å². The van der Waals surface area contributed by atoms with E-state index in [4.69, 9.17) is 0 Å². The van der Waals surface area contributed by atoms with Crippen LogP contribution in [0.15, 0.2) is 121 Å². The molecule has 0 amide bonds. The second kappa shape index (κ2) is 7.30. The largest absolute Gasteiger partial charge is 0.354 e. The minimum absolute atomic E-state index is 1.17. The molecule has 5 aromatic carbocycles. The summed E-state index contributed by atoms with van der Waals surface area (Å²) in [5.74, 6) is 0. The summed E-state index contributed by atoms with van der Waals surface area (Å²) in [6.45, 7) is 0. The average molecular weight is 396 g/mol. The Morgan fingerprint density at radius 1 is 0.419 bits per heavy atom. The average Bonchev–Trinajstić information content (AvgIpc) is 3.23. The summed E-state index contributed by atoms with van der Waals surface area (Å²) in [6, 6.07) is 43.1. The molecule has 0 unspecified atom stereocenters. The second-order valence-electron chi connectivity index (χ2n) is 7.87. The lowest BCUT2D eigenvalue weighted by molar-refractivity contribution is 1.52. The van der Waals surface area contributed by atoms with Crippen molar-refractivity contribution in [1.29, 1.82) is 0 Å². The maximum Gasteiger partial charge on any atom is 0.0551 e. The van der Waals surface area contributed by atoms with Crippen LogP contribution in [0.5, 0.6) is 0 Å². The van der Waals surface area contributed by atoms with Gasteiger partial charge in [-0.05, 0) is 39.9 Å². The van der Waals surface area contributed by atoms with Gasteiger partial charge in [0.15, 0.2) is 0 Å². The van der Waals surface area contributed by atoms with Gasteiger partial charge in [0.25, 0.3) is 0 Å². The van der Waals surface area contributed by atoms with Crippen LogP contribution < -0.4 is 0 Å². The van der Waals surface area contributed by atoms with Gasteiger partial charge in [-0.3, -0.25) is 0 Å². The van der Waals surface area contributed by atoms with Crippen molar-refractivity contribution in [3.05, 3.63) is 121 Å². The van der Waals surface area contributed by atoms with Crippen LogP contribution in [0.2, 0.25) is 0 Å². The number of hydrogen-bond acceptors (Lipinski definition) is 0. The smallest absolute Gasteiger partial charge is 0.0551 e. The van der Waals surface area contributed by atoms with Gasteiger partial charge in [-0.15, -0.1) is 0 Å². The number of benzene rings is 5. The summed E-state index contributed by atoms with van der Waals surface area (Å²) in [4.78, 5) is 3.73. The molecule has 146 valence electrons. The van der Waals surface area contributed by atoms with Crippen LogP contribution in [-0.2, 0) is 0 Å². The van der Waals surface area contributed by atoms with Crippen molar-refractivity contribution >= 4 is 21.8 Å². The molecule has 1 heterocycles. The number of aromatic nitrogens is 1. The van der Waals surface area contributed by atoms with Crippen molar-refractivity contribution in [3.63, 3.8) is 0 Å². The minimum atomic E-state index is 1.17. The molecule has 0 saturated carbocycles. The van der Waals surface area contributed by atoms with E-state index in [0.29, 0.717) is 0 Å². The third kappa shape index (κ3) is 2.94. The van der Waals surface area contributed by atoms with Crippen molar-refractivity contribution in [2.24, 2.45) is 0 Å². The van der Waals surface area contributed by atoms with E-state index >= 15 is 0 Å². The number of aromatic amines is 1. The Bertz CT molecular complexity index is 1490. The summed E-state index contributed by atoms with van der Waals surface area (Å²) >= 11 is 0. The molecule has 0 aliphatic carbocycles. The lowest BCUT2D eigenvalue weighted by atomic mass is 9.85. The molecule has 1 heteroatoms. The Hall–Kier alpha value is -4.10. The molecule has 0 bridgehead atoms. The van der Waals surface area contributed by atoms with Gasteiger partial charge in [-0.2, -0.15) is 0 Å². The molecule has 31 heavy (non-hydrogen) atoms. The number of fused-ring (bicyclic) bond motifs is 3. The summed E-state index contributed by atoms with van der Waals surface area (Å²) in [6.07, 6.45) is 0. The van der Waals surface area contributed by atoms with Gasteiger partial charge in [0.05, 0.1) is 5.52 Å². The molecule has 6 rings (SSSR count). The van der Waals surface area contributed by atoms with Gasteiger partial charge in [0.2, 0.25) is 0 Å². The molecule has 1 aromatic heterocycles. The predicted octanol–water partition coefficient (Wildman–Crippen LogP) is 8.32. The summed E-state index contributed by atoms with van der Waals surface area (Å²) in [5.41, 5.74) is 9.78. The fraction of sp³-hybridized carbons (Fsp3) is 0. The Balaban J connectivity index is 1.85. The highest BCUT2D eigenvalue weighted by Crippen LogP contribution is 2.46. The summed E-state index contributed by atoms with van der Waals surface area (Å²) < 4.78 is 0. The molecule has 0 atom stereocenters. The fourth-order valence-electron chi connectivity index (χ4n) is 4.63. The maximum absolute atomic E-state index is 3.73. The van der Waals surface area contributed by atoms with Crippen molar-refractivity contribution < 1.29 is 0 Å². The number of hydrogen-bond donors (Lipinski definition) is 1. The Morgan fingerprint density at radius 2 is 0.935 bits per heavy atom. The zero-order valence-corrected chi connectivity index (χ0v) is 17.0. The van der Waals surface area contributed by atoms with Crippen molar-refractivity contribution in [2.75, 3.05) is 0 Å². The van der Waals surface area contributed by atoms with E-state index in [-0.39, 0.29) is 0 Å². The van der Waals surface area contributed by atoms with Crippen molar-refractivity contribution in [1.82, 2.24) is 4.98 Å². The van der Waals surface area contributed by atoms with Crippen LogP contribution >= 0.6 is 0 Å². The Labute approximate surface area is 181 Å². The molecule has 0 saturated heterocycles. The van der Waals surface area contributed by atoms with Crippen LogP contribution in [0, 0.1) is 0 Å². The Kier molecular flexibility index (Phi) is 4.18. The van der Waals surface area contributed by atoms with Crippen LogP contribution in [0.25, 0.3) is 55.2 Å². The lowest BCUT2D eigenvalue weighted by Crippen LogP contribution is -1.92.